The molecule has 0 aliphatic rings. The summed E-state index contributed by atoms with van der Waals surface area (Å²) in [6.45, 7) is 2.23. The van der Waals surface area contributed by atoms with E-state index in [0.717, 1.165) is 18.9 Å². The summed E-state index contributed by atoms with van der Waals surface area (Å²) in [5, 5.41) is 1.02. The van der Waals surface area contributed by atoms with Crippen molar-refractivity contribution in [3.63, 3.8) is 0 Å². The lowest BCUT2D eigenvalue weighted by molar-refractivity contribution is -0.223. The third-order valence-corrected chi connectivity index (χ3v) is 1.87. The molecular weight excluding hydrogens is 157 g/mol. The average molecular weight is 170 g/mol. The zero-order chi connectivity index (χ0) is 9.28. The molecular formula is C6H13F3N2. The number of nitrogens with one attached hydrogen (secondary N) is 1. The minimum atomic E-state index is -4.22. The lowest BCUT2D eigenvalue weighted by Crippen LogP contribution is -2.57. The van der Waals surface area contributed by atoms with Gasteiger partial charge in [-0.3, -0.25) is 5.43 Å². The highest BCUT2D eigenvalue weighted by atomic mass is 19.4. The zero-order valence-electron chi connectivity index (χ0n) is 7.08. The van der Waals surface area contributed by atoms with Crippen LogP contribution in [-0.4, -0.2) is 30.8 Å². The predicted molar refractivity (Wildman–Crippen MR) is 37.0 cm³/mol. The SMILES string of the molecule is CNN(C)C(C)(C)C(F)(F)F. The Kier molecular flexibility index (Phi) is 2.91. The number of hydrazine groups is 1. The minimum Gasteiger partial charge on any atom is -0.258 e. The smallest absolute Gasteiger partial charge is 0.258 e. The first-order valence-electron chi connectivity index (χ1n) is 3.21. The second-order valence-electron chi connectivity index (χ2n) is 2.84. The molecule has 68 valence electrons. The molecule has 0 atom stereocenters. The van der Waals surface area contributed by atoms with E-state index in [0.29, 0.717) is 0 Å². The van der Waals surface area contributed by atoms with E-state index in [4.69, 9.17) is 0 Å². The zero-order valence-corrected chi connectivity index (χ0v) is 7.08. The Morgan fingerprint density at radius 2 is 1.55 bits per heavy atom. The van der Waals surface area contributed by atoms with Gasteiger partial charge in [0.1, 0.15) is 5.54 Å². The van der Waals surface area contributed by atoms with Crippen molar-refractivity contribution in [2.75, 3.05) is 14.1 Å². The van der Waals surface area contributed by atoms with Gasteiger partial charge in [0.15, 0.2) is 0 Å². The van der Waals surface area contributed by atoms with E-state index in [1.807, 2.05) is 0 Å². The predicted octanol–water partition coefficient (Wildman–Crippen LogP) is 1.39. The van der Waals surface area contributed by atoms with Crippen LogP contribution in [0.3, 0.4) is 0 Å². The normalized spacial score (nSPS) is 14.2. The number of hydrogen-bond acceptors (Lipinski definition) is 2. The fourth-order valence-electron chi connectivity index (χ4n) is 0.470. The second-order valence-corrected chi connectivity index (χ2v) is 2.84. The molecule has 11 heavy (non-hydrogen) atoms. The molecule has 0 aliphatic heterocycles. The lowest BCUT2D eigenvalue weighted by atomic mass is 10.1. The average Bonchev–Trinajstić information content (AvgIpc) is 1.83. The van der Waals surface area contributed by atoms with E-state index < -0.39 is 11.7 Å². The second kappa shape index (κ2) is 2.98. The Bertz CT molecular complexity index is 130. The Balaban J connectivity index is 4.45. The first kappa shape index (κ1) is 10.7. The van der Waals surface area contributed by atoms with Crippen LogP contribution in [0.15, 0.2) is 0 Å². The topological polar surface area (TPSA) is 15.3 Å². The van der Waals surface area contributed by atoms with Crippen LogP contribution in [0.1, 0.15) is 13.8 Å². The summed E-state index contributed by atoms with van der Waals surface area (Å²) >= 11 is 0. The molecule has 0 saturated carbocycles. The third-order valence-electron chi connectivity index (χ3n) is 1.87. The van der Waals surface area contributed by atoms with Gasteiger partial charge in [-0.15, -0.1) is 0 Å². The van der Waals surface area contributed by atoms with Crippen molar-refractivity contribution >= 4 is 0 Å². The van der Waals surface area contributed by atoms with Crippen LogP contribution in [0.4, 0.5) is 13.2 Å². The highest BCUT2D eigenvalue weighted by Crippen LogP contribution is 2.32. The van der Waals surface area contributed by atoms with E-state index in [1.165, 1.54) is 14.1 Å². The van der Waals surface area contributed by atoms with Crippen molar-refractivity contribution < 1.29 is 13.2 Å². The lowest BCUT2D eigenvalue weighted by Gasteiger charge is -2.36. The van der Waals surface area contributed by atoms with Gasteiger partial charge in [0, 0.05) is 7.05 Å². The van der Waals surface area contributed by atoms with Gasteiger partial charge in [0.05, 0.1) is 0 Å². The number of alkyl halides is 3. The molecule has 0 amide bonds. The van der Waals surface area contributed by atoms with E-state index in [1.54, 1.807) is 0 Å². The number of rotatable bonds is 2. The number of halogens is 3. The van der Waals surface area contributed by atoms with Crippen molar-refractivity contribution in [1.29, 1.82) is 0 Å². The standard InChI is InChI=1S/C6H13F3N2/c1-5(2,6(7,8)9)11(4)10-3/h10H,1-4H3. The van der Waals surface area contributed by atoms with Crippen LogP contribution in [0.25, 0.3) is 0 Å². The van der Waals surface area contributed by atoms with Gasteiger partial charge in [-0.1, -0.05) is 0 Å². The Labute approximate surface area is 64.3 Å². The Morgan fingerprint density at radius 1 is 1.18 bits per heavy atom. The maximum absolute atomic E-state index is 12.2. The maximum atomic E-state index is 12.2. The molecule has 0 aliphatic carbocycles. The van der Waals surface area contributed by atoms with Crippen LogP contribution >= 0.6 is 0 Å². The van der Waals surface area contributed by atoms with Crippen molar-refractivity contribution in [2.24, 2.45) is 0 Å². The van der Waals surface area contributed by atoms with Gasteiger partial charge in [-0.25, -0.2) is 5.01 Å². The van der Waals surface area contributed by atoms with Crippen molar-refractivity contribution in [1.82, 2.24) is 10.4 Å². The van der Waals surface area contributed by atoms with Crippen LogP contribution in [0, 0.1) is 0 Å². The number of hydrogen-bond donors (Lipinski definition) is 1. The van der Waals surface area contributed by atoms with Gasteiger partial charge >= 0.3 is 6.18 Å². The first-order chi connectivity index (χ1) is 4.73. The van der Waals surface area contributed by atoms with Crippen molar-refractivity contribution in [3.8, 4) is 0 Å². The van der Waals surface area contributed by atoms with E-state index in [-0.39, 0.29) is 0 Å². The fraction of sp³-hybridized carbons (Fsp3) is 1.00. The van der Waals surface area contributed by atoms with E-state index in [2.05, 4.69) is 5.43 Å². The summed E-state index contributed by atoms with van der Waals surface area (Å²) in [6.07, 6.45) is -4.22. The van der Waals surface area contributed by atoms with Crippen LogP contribution in [-0.2, 0) is 0 Å². The van der Waals surface area contributed by atoms with E-state index in [9.17, 15) is 13.2 Å². The van der Waals surface area contributed by atoms with Crippen LogP contribution in [0.2, 0.25) is 0 Å². The summed E-state index contributed by atoms with van der Waals surface area (Å²) in [4.78, 5) is 0. The summed E-state index contributed by atoms with van der Waals surface area (Å²) in [6, 6.07) is 0. The Hall–Kier alpha value is -0.290. The van der Waals surface area contributed by atoms with E-state index >= 15 is 0 Å². The minimum absolute atomic E-state index is 1.02. The molecule has 0 bridgehead atoms. The van der Waals surface area contributed by atoms with Gasteiger partial charge in [0.2, 0.25) is 0 Å². The molecule has 0 fully saturated rings. The van der Waals surface area contributed by atoms with Gasteiger partial charge in [-0.05, 0) is 20.9 Å². The molecule has 0 aromatic rings. The largest absolute Gasteiger partial charge is 0.407 e. The molecule has 0 aromatic heterocycles. The third kappa shape index (κ3) is 2.07. The monoisotopic (exact) mass is 170 g/mol. The quantitative estimate of drug-likeness (QED) is 0.630. The number of nitrogens with zero attached hydrogens (tertiary/aromatic N) is 1. The van der Waals surface area contributed by atoms with Crippen molar-refractivity contribution in [3.05, 3.63) is 0 Å². The highest BCUT2D eigenvalue weighted by molar-refractivity contribution is 4.84. The van der Waals surface area contributed by atoms with Gasteiger partial charge < -0.3 is 0 Å². The molecule has 1 N–H and O–H groups in total. The molecule has 5 heteroatoms. The van der Waals surface area contributed by atoms with Crippen LogP contribution in [0.5, 0.6) is 0 Å². The molecule has 0 rings (SSSR count). The molecule has 0 aromatic carbocycles. The molecule has 0 unspecified atom stereocenters. The summed E-state index contributed by atoms with van der Waals surface area (Å²) in [5.41, 5.74) is 0.593. The summed E-state index contributed by atoms with van der Waals surface area (Å²) < 4.78 is 36.6. The summed E-state index contributed by atoms with van der Waals surface area (Å²) in [7, 11) is 2.81. The first-order valence-corrected chi connectivity index (χ1v) is 3.21. The molecule has 0 heterocycles. The van der Waals surface area contributed by atoms with Gasteiger partial charge in [-0.2, -0.15) is 13.2 Å². The molecule has 0 spiro atoms. The Morgan fingerprint density at radius 3 is 1.64 bits per heavy atom. The van der Waals surface area contributed by atoms with Crippen molar-refractivity contribution in [2.45, 2.75) is 25.6 Å². The maximum Gasteiger partial charge on any atom is 0.407 e. The van der Waals surface area contributed by atoms with Gasteiger partial charge in [0.25, 0.3) is 0 Å². The van der Waals surface area contributed by atoms with Crippen LogP contribution < -0.4 is 5.43 Å². The fourth-order valence-corrected chi connectivity index (χ4v) is 0.470. The molecule has 0 saturated heterocycles. The summed E-state index contributed by atoms with van der Waals surface area (Å²) in [5.74, 6) is 0. The highest BCUT2D eigenvalue weighted by Gasteiger charge is 2.50. The molecule has 2 nitrogen and oxygen atoms in total. The molecule has 0 radical (unpaired) electrons.